The number of rotatable bonds is 6. The molecule has 8 nitrogen and oxygen atoms in total. The molecule has 170 valence electrons. The molecule has 0 aliphatic heterocycles. The largest absolute Gasteiger partial charge is 0.497 e. The normalized spacial score (nSPS) is 11.0. The number of aromatic nitrogens is 4. The van der Waals surface area contributed by atoms with Crippen LogP contribution in [0.15, 0.2) is 75.9 Å². The number of methoxy groups -OCH3 is 2. The molecule has 0 N–H and O–H groups in total. The van der Waals surface area contributed by atoms with Crippen LogP contribution in [-0.4, -0.2) is 34.0 Å². The summed E-state index contributed by atoms with van der Waals surface area (Å²) in [5, 5.41) is 8.70. The van der Waals surface area contributed by atoms with Gasteiger partial charge in [-0.15, -0.1) is 10.2 Å². The summed E-state index contributed by atoms with van der Waals surface area (Å²) in [5.74, 6) is 1.55. The molecule has 0 saturated carbocycles. The molecular weight excluding hydrogens is 439 g/mol. The molecule has 2 aromatic heterocycles. The van der Waals surface area contributed by atoms with Crippen LogP contribution >= 0.6 is 0 Å². The number of nitrogens with zero attached hydrogens (tertiary/aromatic N) is 4. The van der Waals surface area contributed by atoms with Crippen molar-refractivity contribution in [3.63, 3.8) is 0 Å². The molecule has 0 saturated heterocycles. The van der Waals surface area contributed by atoms with Crippen molar-refractivity contribution >= 4 is 10.9 Å². The average molecular weight is 458 g/mol. The van der Waals surface area contributed by atoms with E-state index in [1.807, 2.05) is 0 Å². The van der Waals surface area contributed by atoms with Crippen LogP contribution in [0.5, 0.6) is 11.5 Å². The molecule has 5 aromatic rings. The lowest BCUT2D eigenvalue weighted by molar-refractivity contribution is 0.393. The number of fused-ring (bicyclic) bond motifs is 1. The molecule has 0 bridgehead atoms. The third-order valence-electron chi connectivity index (χ3n) is 5.36. The molecule has 0 amide bonds. The summed E-state index contributed by atoms with van der Waals surface area (Å²) in [7, 11) is 3.10. The molecule has 3 aromatic carbocycles. The number of hydrogen-bond donors (Lipinski definition) is 0. The third kappa shape index (κ3) is 3.88. The highest BCUT2D eigenvalue weighted by Crippen LogP contribution is 2.32. The molecule has 34 heavy (non-hydrogen) atoms. The van der Waals surface area contributed by atoms with E-state index in [0.29, 0.717) is 39.4 Å². The maximum Gasteiger partial charge on any atom is 0.262 e. The third-order valence-corrected chi connectivity index (χ3v) is 5.36. The molecule has 0 spiro atoms. The standard InChI is InChI=1S/C25H19FN4O4/c1-32-17-11-12-19(21(13-17)33-2)24-29-28-22(34-24)14-30-23(15-7-9-16(26)10-8-15)27-20-6-4-3-5-18(20)25(30)31/h3-13H,14H2,1-2H3. The Morgan fingerprint density at radius 2 is 1.76 bits per heavy atom. The van der Waals surface area contributed by atoms with Gasteiger partial charge in [0.2, 0.25) is 5.89 Å². The van der Waals surface area contributed by atoms with E-state index in [0.717, 1.165) is 0 Å². The molecule has 0 aliphatic rings. The van der Waals surface area contributed by atoms with Gasteiger partial charge < -0.3 is 13.9 Å². The number of halogens is 1. The zero-order valence-corrected chi connectivity index (χ0v) is 18.4. The molecule has 0 radical (unpaired) electrons. The Balaban J connectivity index is 1.59. The van der Waals surface area contributed by atoms with E-state index in [9.17, 15) is 9.18 Å². The minimum atomic E-state index is -0.381. The first-order valence-corrected chi connectivity index (χ1v) is 10.4. The van der Waals surface area contributed by atoms with Gasteiger partial charge in [0.15, 0.2) is 0 Å². The smallest absolute Gasteiger partial charge is 0.262 e. The van der Waals surface area contributed by atoms with Crippen molar-refractivity contribution in [3.8, 4) is 34.3 Å². The fourth-order valence-electron chi connectivity index (χ4n) is 3.67. The van der Waals surface area contributed by atoms with Crippen LogP contribution in [0.25, 0.3) is 33.7 Å². The Labute approximate surface area is 193 Å². The van der Waals surface area contributed by atoms with Gasteiger partial charge >= 0.3 is 0 Å². The Morgan fingerprint density at radius 1 is 0.971 bits per heavy atom. The lowest BCUT2D eigenvalue weighted by Crippen LogP contribution is -2.24. The van der Waals surface area contributed by atoms with Crippen molar-refractivity contribution in [3.05, 3.63) is 88.8 Å². The second kappa shape index (κ2) is 8.78. The zero-order chi connectivity index (χ0) is 23.7. The van der Waals surface area contributed by atoms with Crippen LogP contribution in [0.1, 0.15) is 5.89 Å². The molecular formula is C25H19FN4O4. The quantitative estimate of drug-likeness (QED) is 0.374. The van der Waals surface area contributed by atoms with E-state index in [2.05, 4.69) is 15.2 Å². The van der Waals surface area contributed by atoms with Crippen molar-refractivity contribution < 1.29 is 18.3 Å². The van der Waals surface area contributed by atoms with Crippen molar-refractivity contribution in [2.45, 2.75) is 6.54 Å². The van der Waals surface area contributed by atoms with Gasteiger partial charge in [-0.3, -0.25) is 9.36 Å². The Hall–Kier alpha value is -4.53. The topological polar surface area (TPSA) is 92.3 Å². The van der Waals surface area contributed by atoms with Gasteiger partial charge in [-0.05, 0) is 48.5 Å². The summed E-state index contributed by atoms with van der Waals surface area (Å²) in [4.78, 5) is 18.0. The van der Waals surface area contributed by atoms with Crippen molar-refractivity contribution in [2.24, 2.45) is 0 Å². The zero-order valence-electron chi connectivity index (χ0n) is 18.4. The van der Waals surface area contributed by atoms with Crippen molar-refractivity contribution in [1.29, 1.82) is 0 Å². The molecule has 0 unspecified atom stereocenters. The molecule has 9 heteroatoms. The summed E-state index contributed by atoms with van der Waals surface area (Å²) in [6.45, 7) is -0.0190. The molecule has 2 heterocycles. The van der Waals surface area contributed by atoms with E-state index in [4.69, 9.17) is 13.9 Å². The van der Waals surface area contributed by atoms with Gasteiger partial charge in [0.05, 0.1) is 30.7 Å². The summed E-state index contributed by atoms with van der Waals surface area (Å²) in [5.41, 5.74) is 1.44. The highest BCUT2D eigenvalue weighted by atomic mass is 19.1. The first-order valence-electron chi connectivity index (χ1n) is 10.4. The Kier molecular flexibility index (Phi) is 5.51. The summed E-state index contributed by atoms with van der Waals surface area (Å²) >= 11 is 0. The SMILES string of the molecule is COc1ccc(-c2nnc(Cn3c(-c4ccc(F)cc4)nc4ccccc4c3=O)o2)c(OC)c1. The lowest BCUT2D eigenvalue weighted by atomic mass is 10.1. The van der Waals surface area contributed by atoms with Crippen molar-refractivity contribution in [1.82, 2.24) is 19.7 Å². The number of hydrogen-bond acceptors (Lipinski definition) is 7. The Bertz CT molecular complexity index is 1540. The Morgan fingerprint density at radius 3 is 2.53 bits per heavy atom. The first kappa shape index (κ1) is 21.3. The second-order valence-electron chi connectivity index (χ2n) is 7.42. The van der Waals surface area contributed by atoms with Gasteiger partial charge in [0.25, 0.3) is 11.4 Å². The van der Waals surface area contributed by atoms with E-state index in [1.165, 1.54) is 23.8 Å². The molecule has 0 atom stereocenters. The van der Waals surface area contributed by atoms with Gasteiger partial charge in [0, 0.05) is 11.6 Å². The fourth-order valence-corrected chi connectivity index (χ4v) is 3.67. The van der Waals surface area contributed by atoms with Gasteiger partial charge in [0.1, 0.15) is 29.7 Å². The lowest BCUT2D eigenvalue weighted by Gasteiger charge is -2.12. The summed E-state index contributed by atoms with van der Waals surface area (Å²) < 4.78 is 31.5. The van der Waals surface area contributed by atoms with Gasteiger partial charge in [-0.25, -0.2) is 9.37 Å². The van der Waals surface area contributed by atoms with Crippen LogP contribution in [-0.2, 0) is 6.54 Å². The van der Waals surface area contributed by atoms with Crippen LogP contribution in [0, 0.1) is 5.82 Å². The van der Waals surface area contributed by atoms with Gasteiger partial charge in [-0.2, -0.15) is 0 Å². The van der Waals surface area contributed by atoms with Crippen LogP contribution in [0.3, 0.4) is 0 Å². The van der Waals surface area contributed by atoms with E-state index < -0.39 is 0 Å². The highest BCUT2D eigenvalue weighted by Gasteiger charge is 2.18. The molecule has 0 aliphatic carbocycles. The molecule has 5 rings (SSSR count). The minimum Gasteiger partial charge on any atom is -0.497 e. The molecule has 0 fully saturated rings. The maximum absolute atomic E-state index is 13.5. The highest BCUT2D eigenvalue weighted by molar-refractivity contribution is 5.79. The second-order valence-corrected chi connectivity index (χ2v) is 7.42. The number of ether oxygens (including phenoxy) is 2. The predicted molar refractivity (Wildman–Crippen MR) is 123 cm³/mol. The fraction of sp³-hybridized carbons (Fsp3) is 0.120. The van der Waals surface area contributed by atoms with Gasteiger partial charge in [-0.1, -0.05) is 12.1 Å². The summed E-state index contributed by atoms with van der Waals surface area (Å²) in [6, 6.07) is 18.1. The van der Waals surface area contributed by atoms with E-state index >= 15 is 0 Å². The summed E-state index contributed by atoms with van der Waals surface area (Å²) in [6.07, 6.45) is 0. The number of para-hydroxylation sites is 1. The monoisotopic (exact) mass is 458 g/mol. The predicted octanol–water partition coefficient (Wildman–Crippen LogP) is 4.32. The number of benzene rings is 3. The van der Waals surface area contributed by atoms with E-state index in [1.54, 1.807) is 61.7 Å². The maximum atomic E-state index is 13.5. The van der Waals surface area contributed by atoms with Crippen molar-refractivity contribution in [2.75, 3.05) is 14.2 Å². The van der Waals surface area contributed by atoms with Crippen LogP contribution in [0.4, 0.5) is 4.39 Å². The minimum absolute atomic E-state index is 0.0190. The van der Waals surface area contributed by atoms with Crippen LogP contribution in [0.2, 0.25) is 0 Å². The average Bonchev–Trinajstić information content (AvgIpc) is 3.34. The van der Waals surface area contributed by atoms with Crippen LogP contribution < -0.4 is 15.0 Å². The first-order chi connectivity index (χ1) is 16.6. The van der Waals surface area contributed by atoms with E-state index in [-0.39, 0.29) is 29.7 Å².